The van der Waals surface area contributed by atoms with Gasteiger partial charge in [-0.3, -0.25) is 4.79 Å². The second kappa shape index (κ2) is 12.0. The van der Waals surface area contributed by atoms with E-state index in [1.165, 1.54) is 19.3 Å². The Labute approximate surface area is 217 Å². The number of halogens is 1. The minimum absolute atomic E-state index is 0.0372. The van der Waals surface area contributed by atoms with Gasteiger partial charge in [0.25, 0.3) is 5.91 Å². The average Bonchev–Trinajstić information content (AvgIpc) is 2.86. The molecule has 0 spiro atoms. The number of ether oxygens (including phenoxy) is 2. The van der Waals surface area contributed by atoms with Gasteiger partial charge < -0.3 is 19.9 Å². The van der Waals surface area contributed by atoms with Crippen LogP contribution in [0.2, 0.25) is 0 Å². The molecule has 0 aromatic heterocycles. The van der Waals surface area contributed by atoms with Gasteiger partial charge in [-0.2, -0.15) is 5.26 Å². The lowest BCUT2D eigenvalue weighted by atomic mass is 10.1. The number of carbonyl (C=O) groups excluding carboxylic acids is 1. The molecule has 8 heteroatoms. The minimum atomic E-state index is -1.01. The van der Waals surface area contributed by atoms with Crippen LogP contribution in [0.5, 0.6) is 11.5 Å². The van der Waals surface area contributed by atoms with E-state index in [1.54, 1.807) is 30.3 Å². The molecule has 0 aliphatic heterocycles. The van der Waals surface area contributed by atoms with Gasteiger partial charge in [-0.15, -0.1) is 0 Å². The number of amides is 1. The van der Waals surface area contributed by atoms with E-state index in [-0.39, 0.29) is 23.8 Å². The summed E-state index contributed by atoms with van der Waals surface area (Å²) in [6.07, 6.45) is 1.50. The van der Waals surface area contributed by atoms with Crippen LogP contribution < -0.4 is 14.8 Å². The molecule has 0 bridgehead atoms. The quantitative estimate of drug-likeness (QED) is 0.200. The first-order valence-electron chi connectivity index (χ1n) is 10.6. The van der Waals surface area contributed by atoms with Gasteiger partial charge >= 0.3 is 5.97 Å². The van der Waals surface area contributed by atoms with Crippen molar-refractivity contribution < 1.29 is 24.2 Å². The van der Waals surface area contributed by atoms with Crippen molar-refractivity contribution in [1.29, 1.82) is 5.26 Å². The summed E-state index contributed by atoms with van der Waals surface area (Å²) in [6, 6.07) is 21.1. The van der Waals surface area contributed by atoms with Crippen molar-refractivity contribution >= 4 is 40.5 Å². The van der Waals surface area contributed by atoms with Gasteiger partial charge in [0.1, 0.15) is 18.2 Å². The lowest BCUT2D eigenvalue weighted by molar-refractivity contribution is -0.117. The van der Waals surface area contributed by atoms with E-state index >= 15 is 0 Å². The Balaban J connectivity index is 1.79. The van der Waals surface area contributed by atoms with E-state index in [4.69, 9.17) is 14.6 Å². The Kier molecular flexibility index (Phi) is 8.86. The second-order valence-corrected chi connectivity index (χ2v) is 8.77. The highest BCUT2D eigenvalue weighted by molar-refractivity contribution is 14.1. The number of nitrogens with zero attached hydrogens (tertiary/aromatic N) is 1. The van der Waals surface area contributed by atoms with Crippen molar-refractivity contribution in [3.05, 3.63) is 98.1 Å². The van der Waals surface area contributed by atoms with Gasteiger partial charge in [-0.1, -0.05) is 42.5 Å². The van der Waals surface area contributed by atoms with Crippen LogP contribution in [-0.2, 0) is 11.4 Å². The maximum absolute atomic E-state index is 12.7. The van der Waals surface area contributed by atoms with Gasteiger partial charge in [-0.25, -0.2) is 4.79 Å². The largest absolute Gasteiger partial charge is 0.493 e. The lowest BCUT2D eigenvalue weighted by Gasteiger charge is -2.15. The van der Waals surface area contributed by atoms with E-state index in [2.05, 4.69) is 27.9 Å². The first-order valence-corrected chi connectivity index (χ1v) is 11.7. The molecule has 0 heterocycles. The fourth-order valence-corrected chi connectivity index (χ4v) is 4.11. The summed E-state index contributed by atoms with van der Waals surface area (Å²) in [4.78, 5) is 23.9. The number of methoxy groups -OCH3 is 1. The molecule has 7 nitrogen and oxygen atoms in total. The summed E-state index contributed by atoms with van der Waals surface area (Å²) in [5, 5.41) is 21.6. The van der Waals surface area contributed by atoms with Crippen LogP contribution in [0.3, 0.4) is 0 Å². The number of nitrogens with one attached hydrogen (secondary N) is 1. The first kappa shape index (κ1) is 25.8. The smallest absolute Gasteiger partial charge is 0.335 e. The zero-order valence-corrected chi connectivity index (χ0v) is 21.3. The Morgan fingerprint density at radius 1 is 1.14 bits per heavy atom. The molecule has 35 heavy (non-hydrogen) atoms. The third kappa shape index (κ3) is 6.83. The number of hydrogen-bond donors (Lipinski definition) is 2. The molecule has 3 aromatic rings. The van der Waals surface area contributed by atoms with Crippen LogP contribution in [0, 0.1) is 14.9 Å². The summed E-state index contributed by atoms with van der Waals surface area (Å²) in [5.41, 5.74) is 2.37. The molecule has 0 fully saturated rings. The molecule has 1 amide bonds. The van der Waals surface area contributed by atoms with Gasteiger partial charge in [0.15, 0.2) is 11.5 Å². The van der Waals surface area contributed by atoms with E-state index in [1.807, 2.05) is 43.3 Å². The van der Waals surface area contributed by atoms with Crippen molar-refractivity contribution in [2.75, 3.05) is 7.11 Å². The number of hydrogen-bond acceptors (Lipinski definition) is 5. The normalized spacial score (nSPS) is 11.8. The Morgan fingerprint density at radius 3 is 2.54 bits per heavy atom. The van der Waals surface area contributed by atoms with E-state index in [0.29, 0.717) is 26.2 Å². The van der Waals surface area contributed by atoms with Crippen LogP contribution in [0.1, 0.15) is 40.0 Å². The zero-order chi connectivity index (χ0) is 25.4. The van der Waals surface area contributed by atoms with Gasteiger partial charge in [0.2, 0.25) is 0 Å². The molecule has 0 unspecified atom stereocenters. The molecule has 2 N–H and O–H groups in total. The molecule has 0 saturated carbocycles. The SMILES string of the molecule is COc1cc(/C=C(/C#N)C(=O)N[C@H](C)c2ccccc2)cc(I)c1OCc1cccc(C(=O)O)c1. The standard InChI is InChI=1S/C27H23IN2O5/c1-17(20-8-4-3-5-9-20)30-26(31)22(15-29)12-19-13-23(28)25(24(14-19)34-2)35-16-18-7-6-10-21(11-18)27(32)33/h3-14,17H,16H2,1-2H3,(H,30,31)(H,32,33)/b22-12-/t17-/m1/s1. The Morgan fingerprint density at radius 2 is 1.89 bits per heavy atom. The fraction of sp³-hybridized carbons (Fsp3) is 0.148. The monoisotopic (exact) mass is 582 g/mol. The lowest BCUT2D eigenvalue weighted by Crippen LogP contribution is -2.27. The molecular weight excluding hydrogens is 559 g/mol. The highest BCUT2D eigenvalue weighted by Gasteiger charge is 2.16. The molecule has 0 radical (unpaired) electrons. The summed E-state index contributed by atoms with van der Waals surface area (Å²) >= 11 is 2.09. The number of aromatic carboxylic acids is 1. The molecule has 0 saturated heterocycles. The number of carboxylic acid groups (broad SMARTS) is 1. The molecular formula is C27H23IN2O5. The van der Waals surface area contributed by atoms with Crippen molar-refractivity contribution in [2.24, 2.45) is 0 Å². The predicted octanol–water partition coefficient (Wildman–Crippen LogP) is 5.36. The van der Waals surface area contributed by atoms with Crippen LogP contribution >= 0.6 is 22.6 Å². The van der Waals surface area contributed by atoms with Crippen molar-refractivity contribution in [3.63, 3.8) is 0 Å². The van der Waals surface area contributed by atoms with Crippen LogP contribution in [0.25, 0.3) is 6.08 Å². The number of benzene rings is 3. The van der Waals surface area contributed by atoms with E-state index in [0.717, 1.165) is 5.56 Å². The van der Waals surface area contributed by atoms with Crippen molar-refractivity contribution in [1.82, 2.24) is 5.32 Å². The van der Waals surface area contributed by atoms with E-state index < -0.39 is 11.9 Å². The highest BCUT2D eigenvalue weighted by atomic mass is 127. The maximum Gasteiger partial charge on any atom is 0.335 e. The predicted molar refractivity (Wildman–Crippen MR) is 140 cm³/mol. The molecule has 178 valence electrons. The molecule has 0 aliphatic carbocycles. The topological polar surface area (TPSA) is 109 Å². The van der Waals surface area contributed by atoms with Crippen LogP contribution in [-0.4, -0.2) is 24.1 Å². The van der Waals surface area contributed by atoms with Crippen molar-refractivity contribution in [2.45, 2.75) is 19.6 Å². The summed E-state index contributed by atoms with van der Waals surface area (Å²) < 4.78 is 12.1. The second-order valence-electron chi connectivity index (χ2n) is 7.60. The average molecular weight is 582 g/mol. The van der Waals surface area contributed by atoms with Gasteiger partial charge in [-0.05, 0) is 76.5 Å². The summed E-state index contributed by atoms with van der Waals surface area (Å²) in [7, 11) is 1.50. The number of rotatable bonds is 9. The molecule has 3 aromatic carbocycles. The molecule has 1 atom stereocenters. The van der Waals surface area contributed by atoms with Crippen molar-refractivity contribution in [3.8, 4) is 17.6 Å². The summed E-state index contributed by atoms with van der Waals surface area (Å²) in [5.74, 6) is -0.582. The third-order valence-electron chi connectivity index (χ3n) is 5.13. The Hall–Kier alpha value is -3.84. The number of carbonyl (C=O) groups is 2. The maximum atomic E-state index is 12.7. The van der Waals surface area contributed by atoms with E-state index in [9.17, 15) is 14.9 Å². The number of carboxylic acids is 1. The van der Waals surface area contributed by atoms with Crippen LogP contribution in [0.4, 0.5) is 0 Å². The molecule has 0 aliphatic rings. The summed E-state index contributed by atoms with van der Waals surface area (Å²) in [6.45, 7) is 2.00. The third-order valence-corrected chi connectivity index (χ3v) is 5.93. The number of nitriles is 1. The van der Waals surface area contributed by atoms with Gasteiger partial charge in [0, 0.05) is 0 Å². The van der Waals surface area contributed by atoms with Gasteiger partial charge in [0.05, 0.1) is 22.3 Å². The van der Waals surface area contributed by atoms with Crippen LogP contribution in [0.15, 0.2) is 72.3 Å². The first-order chi connectivity index (χ1) is 16.8. The minimum Gasteiger partial charge on any atom is -0.493 e. The fourth-order valence-electron chi connectivity index (χ4n) is 3.33. The Bertz CT molecular complexity index is 1300. The zero-order valence-electron chi connectivity index (χ0n) is 19.1. The molecule has 3 rings (SSSR count). The highest BCUT2D eigenvalue weighted by Crippen LogP contribution is 2.35.